The maximum Gasteiger partial charge on any atom is 0.252 e. The van der Waals surface area contributed by atoms with Crippen LogP contribution in [0.3, 0.4) is 0 Å². The van der Waals surface area contributed by atoms with Gasteiger partial charge in [-0.25, -0.2) is 4.98 Å². The fourth-order valence-electron chi connectivity index (χ4n) is 2.43. The SMILES string of the molecule is CCC(CC)N1C(=O)CC(Nc2ccccn2)C1=O. The number of pyridine rings is 1. The van der Waals surface area contributed by atoms with Crippen molar-refractivity contribution in [2.24, 2.45) is 0 Å². The van der Waals surface area contributed by atoms with E-state index in [-0.39, 0.29) is 24.3 Å². The lowest BCUT2D eigenvalue weighted by Gasteiger charge is -2.24. The van der Waals surface area contributed by atoms with Crippen molar-refractivity contribution in [1.29, 1.82) is 0 Å². The third kappa shape index (κ3) is 2.75. The Labute approximate surface area is 113 Å². The van der Waals surface area contributed by atoms with Gasteiger partial charge in [-0.05, 0) is 25.0 Å². The van der Waals surface area contributed by atoms with Crippen LogP contribution < -0.4 is 5.32 Å². The Morgan fingerprint density at radius 2 is 2.11 bits per heavy atom. The molecule has 0 saturated carbocycles. The van der Waals surface area contributed by atoms with E-state index in [4.69, 9.17) is 0 Å². The lowest BCUT2D eigenvalue weighted by Crippen LogP contribution is -2.41. The second-order valence-corrected chi connectivity index (χ2v) is 4.69. The van der Waals surface area contributed by atoms with Crippen molar-refractivity contribution < 1.29 is 9.59 Å². The minimum absolute atomic E-state index is 0.00975. The van der Waals surface area contributed by atoms with Gasteiger partial charge in [0, 0.05) is 12.2 Å². The minimum Gasteiger partial charge on any atom is -0.358 e. The minimum atomic E-state index is -0.483. The van der Waals surface area contributed by atoms with Crippen LogP contribution in [-0.4, -0.2) is 33.8 Å². The molecule has 0 radical (unpaired) electrons. The monoisotopic (exact) mass is 261 g/mol. The number of aromatic nitrogens is 1. The highest BCUT2D eigenvalue weighted by Crippen LogP contribution is 2.22. The predicted molar refractivity (Wildman–Crippen MR) is 72.5 cm³/mol. The van der Waals surface area contributed by atoms with E-state index in [1.807, 2.05) is 26.0 Å². The zero-order chi connectivity index (χ0) is 13.8. The molecule has 1 aliphatic rings. The smallest absolute Gasteiger partial charge is 0.252 e. The van der Waals surface area contributed by atoms with Gasteiger partial charge in [-0.15, -0.1) is 0 Å². The number of hydrogen-bond donors (Lipinski definition) is 1. The highest BCUT2D eigenvalue weighted by atomic mass is 16.2. The Kier molecular flexibility index (Phi) is 4.14. The Balaban J connectivity index is 2.10. The standard InChI is InChI=1S/C14H19N3O2/c1-3-10(4-2)17-13(18)9-11(14(17)19)16-12-7-5-6-8-15-12/h5-8,10-11H,3-4,9H2,1-2H3,(H,15,16). The van der Waals surface area contributed by atoms with Crippen LogP contribution >= 0.6 is 0 Å². The van der Waals surface area contributed by atoms with Crippen LogP contribution in [0.4, 0.5) is 5.82 Å². The molecule has 1 atom stereocenters. The van der Waals surface area contributed by atoms with Crippen LogP contribution in [0.1, 0.15) is 33.1 Å². The quantitative estimate of drug-likeness (QED) is 0.821. The molecule has 0 bridgehead atoms. The number of carbonyl (C=O) groups excluding carboxylic acids is 2. The van der Waals surface area contributed by atoms with Crippen molar-refractivity contribution in [2.75, 3.05) is 5.32 Å². The Morgan fingerprint density at radius 1 is 1.37 bits per heavy atom. The van der Waals surface area contributed by atoms with Crippen LogP contribution in [0.5, 0.6) is 0 Å². The Bertz CT molecular complexity index is 457. The molecule has 2 rings (SSSR count). The zero-order valence-electron chi connectivity index (χ0n) is 11.3. The molecule has 1 unspecified atom stereocenters. The van der Waals surface area contributed by atoms with E-state index in [0.29, 0.717) is 5.82 Å². The molecule has 1 saturated heterocycles. The molecule has 5 heteroatoms. The van der Waals surface area contributed by atoms with Crippen LogP contribution in [0, 0.1) is 0 Å². The maximum atomic E-state index is 12.3. The molecule has 1 fully saturated rings. The van der Waals surface area contributed by atoms with Crippen LogP contribution in [0.2, 0.25) is 0 Å². The number of nitrogens with zero attached hydrogens (tertiary/aromatic N) is 2. The van der Waals surface area contributed by atoms with E-state index in [1.165, 1.54) is 4.90 Å². The van der Waals surface area contributed by atoms with Gasteiger partial charge in [-0.2, -0.15) is 0 Å². The molecule has 1 aliphatic heterocycles. The summed E-state index contributed by atoms with van der Waals surface area (Å²) in [6, 6.07) is 4.97. The van der Waals surface area contributed by atoms with Gasteiger partial charge < -0.3 is 5.32 Å². The van der Waals surface area contributed by atoms with Gasteiger partial charge in [0.2, 0.25) is 5.91 Å². The molecular formula is C14H19N3O2. The van der Waals surface area contributed by atoms with Gasteiger partial charge in [0.05, 0.1) is 6.42 Å². The fourth-order valence-corrected chi connectivity index (χ4v) is 2.43. The molecule has 19 heavy (non-hydrogen) atoms. The van der Waals surface area contributed by atoms with Crippen molar-refractivity contribution in [3.8, 4) is 0 Å². The van der Waals surface area contributed by atoms with E-state index < -0.39 is 6.04 Å². The third-order valence-corrected chi connectivity index (χ3v) is 3.48. The van der Waals surface area contributed by atoms with E-state index in [2.05, 4.69) is 10.3 Å². The first-order valence-corrected chi connectivity index (χ1v) is 6.70. The van der Waals surface area contributed by atoms with Crippen molar-refractivity contribution >= 4 is 17.6 Å². The number of imide groups is 1. The summed E-state index contributed by atoms with van der Waals surface area (Å²) in [5, 5.41) is 3.03. The number of nitrogens with one attached hydrogen (secondary N) is 1. The highest BCUT2D eigenvalue weighted by Gasteiger charge is 2.41. The maximum absolute atomic E-state index is 12.3. The molecule has 0 spiro atoms. The first-order valence-electron chi connectivity index (χ1n) is 6.70. The van der Waals surface area contributed by atoms with Crippen molar-refractivity contribution in [3.05, 3.63) is 24.4 Å². The normalized spacial score (nSPS) is 19.3. The molecule has 2 heterocycles. The van der Waals surface area contributed by atoms with Gasteiger partial charge >= 0.3 is 0 Å². The van der Waals surface area contributed by atoms with E-state index >= 15 is 0 Å². The third-order valence-electron chi connectivity index (χ3n) is 3.48. The van der Waals surface area contributed by atoms with Gasteiger partial charge in [-0.3, -0.25) is 14.5 Å². The van der Waals surface area contributed by atoms with Crippen molar-refractivity contribution in [2.45, 2.75) is 45.2 Å². The second kappa shape index (κ2) is 5.82. The summed E-state index contributed by atoms with van der Waals surface area (Å²) in [5.41, 5.74) is 0. The molecular weight excluding hydrogens is 242 g/mol. The number of carbonyl (C=O) groups is 2. The average molecular weight is 261 g/mol. The molecule has 1 aromatic rings. The molecule has 0 aromatic carbocycles. The molecule has 2 amide bonds. The number of amides is 2. The Hall–Kier alpha value is -1.91. The average Bonchev–Trinajstić information content (AvgIpc) is 2.69. The topological polar surface area (TPSA) is 62.3 Å². The fraction of sp³-hybridized carbons (Fsp3) is 0.500. The van der Waals surface area contributed by atoms with Crippen LogP contribution in [0.25, 0.3) is 0 Å². The summed E-state index contributed by atoms with van der Waals surface area (Å²) in [7, 11) is 0. The number of likely N-dealkylation sites (tertiary alicyclic amines) is 1. The summed E-state index contributed by atoms with van der Waals surface area (Å²) >= 11 is 0. The second-order valence-electron chi connectivity index (χ2n) is 4.69. The number of rotatable bonds is 5. The lowest BCUT2D eigenvalue weighted by molar-refractivity contribution is -0.141. The van der Waals surface area contributed by atoms with E-state index in [9.17, 15) is 9.59 Å². The van der Waals surface area contributed by atoms with Crippen LogP contribution in [-0.2, 0) is 9.59 Å². The molecule has 102 valence electrons. The first kappa shape index (κ1) is 13.5. The largest absolute Gasteiger partial charge is 0.358 e. The summed E-state index contributed by atoms with van der Waals surface area (Å²) in [5.74, 6) is 0.400. The summed E-state index contributed by atoms with van der Waals surface area (Å²) < 4.78 is 0. The molecule has 1 aromatic heterocycles. The van der Waals surface area contributed by atoms with Gasteiger partial charge in [0.25, 0.3) is 5.91 Å². The number of anilines is 1. The Morgan fingerprint density at radius 3 is 2.68 bits per heavy atom. The molecule has 1 N–H and O–H groups in total. The predicted octanol–water partition coefficient (Wildman–Crippen LogP) is 1.81. The number of hydrogen-bond acceptors (Lipinski definition) is 4. The lowest BCUT2D eigenvalue weighted by atomic mass is 10.1. The van der Waals surface area contributed by atoms with Gasteiger partial charge in [0.15, 0.2) is 0 Å². The van der Waals surface area contributed by atoms with Gasteiger partial charge in [0.1, 0.15) is 11.9 Å². The summed E-state index contributed by atoms with van der Waals surface area (Å²) in [6.07, 6.45) is 3.46. The zero-order valence-corrected chi connectivity index (χ0v) is 11.3. The first-order chi connectivity index (χ1) is 9.17. The summed E-state index contributed by atoms with van der Waals surface area (Å²) in [4.78, 5) is 29.8. The van der Waals surface area contributed by atoms with E-state index in [1.54, 1.807) is 12.3 Å². The summed E-state index contributed by atoms with van der Waals surface area (Å²) in [6.45, 7) is 3.99. The van der Waals surface area contributed by atoms with E-state index in [0.717, 1.165) is 12.8 Å². The van der Waals surface area contributed by atoms with Crippen LogP contribution in [0.15, 0.2) is 24.4 Å². The molecule has 0 aliphatic carbocycles. The highest BCUT2D eigenvalue weighted by molar-refractivity contribution is 6.07. The van der Waals surface area contributed by atoms with Crippen molar-refractivity contribution in [3.63, 3.8) is 0 Å². The van der Waals surface area contributed by atoms with Gasteiger partial charge in [-0.1, -0.05) is 19.9 Å². The van der Waals surface area contributed by atoms with Crippen molar-refractivity contribution in [1.82, 2.24) is 9.88 Å². The molecule has 5 nitrogen and oxygen atoms in total.